The summed E-state index contributed by atoms with van der Waals surface area (Å²) in [5.74, 6) is 0.833. The van der Waals surface area contributed by atoms with Gasteiger partial charge in [0.05, 0.1) is 0 Å². The van der Waals surface area contributed by atoms with Crippen molar-refractivity contribution < 1.29 is 0 Å². The Hall–Kier alpha value is -0.0400. The fourth-order valence-electron chi connectivity index (χ4n) is 3.58. The average molecular weight is 239 g/mol. The molecule has 0 aliphatic heterocycles. The van der Waals surface area contributed by atoms with E-state index in [0.29, 0.717) is 22.3 Å². The quantitative estimate of drug-likeness (QED) is 0.746. The van der Waals surface area contributed by atoms with Crippen molar-refractivity contribution in [3.8, 4) is 0 Å². The maximum atomic E-state index is 3.56. The molecule has 1 nitrogen and oxygen atoms in total. The number of hydrogen-bond acceptors (Lipinski definition) is 1. The van der Waals surface area contributed by atoms with E-state index in [0.717, 1.165) is 5.92 Å². The Morgan fingerprint density at radius 2 is 1.53 bits per heavy atom. The average Bonchev–Trinajstić information content (AvgIpc) is 2.52. The highest BCUT2D eigenvalue weighted by Gasteiger charge is 2.66. The summed E-state index contributed by atoms with van der Waals surface area (Å²) in [5.41, 5.74) is 1.48. The monoisotopic (exact) mass is 239 g/mol. The fraction of sp³-hybridized carbons (Fsp3) is 1.00. The van der Waals surface area contributed by atoms with Crippen molar-refractivity contribution in [2.75, 3.05) is 7.05 Å². The molecule has 0 aromatic carbocycles. The first-order chi connectivity index (χ1) is 7.54. The van der Waals surface area contributed by atoms with Crippen molar-refractivity contribution in [3.63, 3.8) is 0 Å². The smallest absolute Gasteiger partial charge is 0.0103 e. The van der Waals surface area contributed by atoms with Crippen molar-refractivity contribution in [1.29, 1.82) is 0 Å². The van der Waals surface area contributed by atoms with Crippen LogP contribution in [0.25, 0.3) is 0 Å². The van der Waals surface area contributed by atoms with Crippen molar-refractivity contribution >= 4 is 0 Å². The first-order valence-electron chi connectivity index (χ1n) is 7.21. The van der Waals surface area contributed by atoms with Gasteiger partial charge in [0.2, 0.25) is 0 Å². The molecule has 1 heteroatoms. The molecule has 0 aromatic rings. The zero-order valence-corrected chi connectivity index (χ0v) is 13.3. The zero-order valence-electron chi connectivity index (χ0n) is 13.3. The van der Waals surface area contributed by atoms with Gasteiger partial charge in [-0.3, -0.25) is 0 Å². The van der Waals surface area contributed by atoms with Gasteiger partial charge in [0, 0.05) is 6.04 Å². The molecular formula is C16H33N. The van der Waals surface area contributed by atoms with E-state index >= 15 is 0 Å². The van der Waals surface area contributed by atoms with Gasteiger partial charge in [0.15, 0.2) is 0 Å². The van der Waals surface area contributed by atoms with Crippen LogP contribution in [0, 0.1) is 22.2 Å². The third-order valence-electron chi connectivity index (χ3n) is 5.35. The maximum absolute atomic E-state index is 3.56. The van der Waals surface area contributed by atoms with Crippen LogP contribution in [-0.2, 0) is 0 Å². The summed E-state index contributed by atoms with van der Waals surface area (Å²) in [6.45, 7) is 16.7. The van der Waals surface area contributed by atoms with Gasteiger partial charge in [-0.2, -0.15) is 0 Å². The predicted octanol–water partition coefficient (Wildman–Crippen LogP) is 4.47. The third kappa shape index (κ3) is 3.05. The highest BCUT2D eigenvalue weighted by atomic mass is 14.9. The van der Waals surface area contributed by atoms with Crippen LogP contribution in [-0.4, -0.2) is 13.1 Å². The van der Waals surface area contributed by atoms with Crippen LogP contribution in [0.5, 0.6) is 0 Å². The molecule has 1 N–H and O–H groups in total. The number of hydrogen-bond donors (Lipinski definition) is 1. The van der Waals surface area contributed by atoms with Gasteiger partial charge in [0.25, 0.3) is 0 Å². The van der Waals surface area contributed by atoms with Crippen LogP contribution in [0.3, 0.4) is 0 Å². The summed E-state index contributed by atoms with van der Waals surface area (Å²) in [5, 5.41) is 3.56. The summed E-state index contributed by atoms with van der Waals surface area (Å²) in [6.07, 6.45) is 4.00. The third-order valence-corrected chi connectivity index (χ3v) is 5.35. The van der Waals surface area contributed by atoms with E-state index < -0.39 is 0 Å². The minimum atomic E-state index is 0.479. The Balaban J connectivity index is 2.47. The Labute approximate surface area is 109 Å². The first-order valence-corrected chi connectivity index (χ1v) is 7.21. The minimum Gasteiger partial charge on any atom is -0.317 e. The zero-order chi connectivity index (χ0) is 13.5. The molecule has 0 bridgehead atoms. The Bertz CT molecular complexity index is 243. The second-order valence-corrected chi connectivity index (χ2v) is 8.27. The van der Waals surface area contributed by atoms with Crippen molar-refractivity contribution in [2.45, 2.75) is 73.8 Å². The molecule has 0 aromatic heterocycles. The van der Waals surface area contributed by atoms with Gasteiger partial charge in [-0.1, -0.05) is 54.9 Å². The standard InChI is InChI=1S/C16H33N/c1-14(2,3)11-9-10-12(17-8)13-15(4,5)16(13,6)7/h12-13,17H,9-11H2,1-8H3. The molecule has 1 aliphatic carbocycles. The summed E-state index contributed by atoms with van der Waals surface area (Å²) < 4.78 is 0. The first kappa shape index (κ1) is 15.0. The molecule has 1 atom stereocenters. The molecule has 102 valence electrons. The van der Waals surface area contributed by atoms with E-state index in [1.165, 1.54) is 19.3 Å². The molecule has 17 heavy (non-hydrogen) atoms. The lowest BCUT2D eigenvalue weighted by Crippen LogP contribution is -2.30. The van der Waals surface area contributed by atoms with Crippen LogP contribution in [0.15, 0.2) is 0 Å². The minimum absolute atomic E-state index is 0.479. The molecular weight excluding hydrogens is 206 g/mol. The topological polar surface area (TPSA) is 12.0 Å². The molecule has 1 fully saturated rings. The molecule has 0 amide bonds. The normalized spacial score (nSPS) is 24.7. The molecule has 0 saturated heterocycles. The van der Waals surface area contributed by atoms with Gasteiger partial charge in [-0.15, -0.1) is 0 Å². The number of nitrogens with one attached hydrogen (secondary N) is 1. The van der Waals surface area contributed by atoms with E-state index in [4.69, 9.17) is 0 Å². The van der Waals surface area contributed by atoms with Crippen LogP contribution < -0.4 is 5.32 Å². The van der Waals surface area contributed by atoms with E-state index in [9.17, 15) is 0 Å². The lowest BCUT2D eigenvalue weighted by Gasteiger charge is -2.22. The molecule has 0 spiro atoms. The SMILES string of the molecule is CNC(CCCC(C)(C)C)C1C(C)(C)C1(C)C. The molecule has 1 aliphatic rings. The second kappa shape index (κ2) is 4.57. The van der Waals surface area contributed by atoms with Gasteiger partial charge in [-0.05, 0) is 42.1 Å². The molecule has 0 radical (unpaired) electrons. The maximum Gasteiger partial charge on any atom is 0.0103 e. The van der Waals surface area contributed by atoms with Crippen LogP contribution in [0.4, 0.5) is 0 Å². The second-order valence-electron chi connectivity index (χ2n) is 8.27. The van der Waals surface area contributed by atoms with Crippen LogP contribution in [0.2, 0.25) is 0 Å². The molecule has 0 heterocycles. The van der Waals surface area contributed by atoms with E-state index in [-0.39, 0.29) is 0 Å². The summed E-state index contributed by atoms with van der Waals surface area (Å²) in [6, 6.07) is 0.697. The lowest BCUT2D eigenvalue weighted by atomic mass is 9.88. The van der Waals surface area contributed by atoms with E-state index in [1.54, 1.807) is 0 Å². The van der Waals surface area contributed by atoms with Gasteiger partial charge in [0.1, 0.15) is 0 Å². The van der Waals surface area contributed by atoms with Crippen LogP contribution in [0.1, 0.15) is 67.7 Å². The molecule has 1 unspecified atom stereocenters. The summed E-state index contributed by atoms with van der Waals surface area (Å²) in [4.78, 5) is 0. The van der Waals surface area contributed by atoms with Crippen molar-refractivity contribution in [3.05, 3.63) is 0 Å². The van der Waals surface area contributed by atoms with Gasteiger partial charge in [-0.25, -0.2) is 0 Å². The van der Waals surface area contributed by atoms with E-state index in [1.807, 2.05) is 0 Å². The largest absolute Gasteiger partial charge is 0.317 e. The van der Waals surface area contributed by atoms with Crippen LogP contribution >= 0.6 is 0 Å². The number of rotatable bonds is 5. The van der Waals surface area contributed by atoms with Gasteiger partial charge >= 0.3 is 0 Å². The fourth-order valence-corrected chi connectivity index (χ4v) is 3.58. The molecule has 1 rings (SSSR count). The Morgan fingerprint density at radius 1 is 1.06 bits per heavy atom. The lowest BCUT2D eigenvalue weighted by molar-refractivity contribution is 0.324. The predicted molar refractivity (Wildman–Crippen MR) is 77.2 cm³/mol. The Kier molecular flexibility index (Phi) is 4.04. The Morgan fingerprint density at radius 3 is 1.82 bits per heavy atom. The van der Waals surface area contributed by atoms with Crippen molar-refractivity contribution in [1.82, 2.24) is 5.32 Å². The summed E-state index contributed by atoms with van der Waals surface area (Å²) in [7, 11) is 2.13. The summed E-state index contributed by atoms with van der Waals surface area (Å²) >= 11 is 0. The van der Waals surface area contributed by atoms with Crippen molar-refractivity contribution in [2.24, 2.45) is 22.2 Å². The molecule has 1 saturated carbocycles. The highest BCUT2D eigenvalue weighted by molar-refractivity contribution is 5.16. The van der Waals surface area contributed by atoms with Gasteiger partial charge < -0.3 is 5.32 Å². The van der Waals surface area contributed by atoms with E-state index in [2.05, 4.69) is 60.8 Å². The highest BCUT2D eigenvalue weighted by Crippen LogP contribution is 2.70.